The second kappa shape index (κ2) is 8.31. The van der Waals surface area contributed by atoms with Crippen LogP contribution in [0.3, 0.4) is 0 Å². The molecule has 0 radical (unpaired) electrons. The smallest absolute Gasteiger partial charge is 0.298 e. The maximum atomic E-state index is 12.8. The number of hydrogen-bond acceptors (Lipinski definition) is 5. The molecule has 0 bridgehead atoms. The van der Waals surface area contributed by atoms with Crippen molar-refractivity contribution in [3.05, 3.63) is 59.0 Å². The molecule has 2 aromatic rings. The van der Waals surface area contributed by atoms with Gasteiger partial charge in [-0.05, 0) is 56.0 Å². The molecule has 2 amide bonds. The van der Waals surface area contributed by atoms with Gasteiger partial charge >= 0.3 is 0 Å². The maximum absolute atomic E-state index is 12.8. The van der Waals surface area contributed by atoms with E-state index in [9.17, 15) is 9.59 Å². The number of benzene rings is 2. The Morgan fingerprint density at radius 3 is 2.41 bits per heavy atom. The predicted molar refractivity (Wildman–Crippen MR) is 111 cm³/mol. The van der Waals surface area contributed by atoms with Crippen molar-refractivity contribution in [3.63, 3.8) is 0 Å². The van der Waals surface area contributed by atoms with Crippen LogP contribution < -0.4 is 14.5 Å². The molecule has 1 aliphatic heterocycles. The Bertz CT molecular complexity index is 876. The van der Waals surface area contributed by atoms with Crippen molar-refractivity contribution in [1.82, 2.24) is 0 Å². The highest BCUT2D eigenvalue weighted by Gasteiger charge is 2.36. The number of carbonyl (C=O) groups is 2. The Kier molecular flexibility index (Phi) is 5.86. The summed E-state index contributed by atoms with van der Waals surface area (Å²) in [5.74, 6) is 0.358. The fourth-order valence-electron chi connectivity index (χ4n) is 3.01. The van der Waals surface area contributed by atoms with E-state index >= 15 is 0 Å². The average Bonchev–Trinajstić information content (AvgIpc) is 2.97. The third kappa shape index (κ3) is 3.85. The minimum atomic E-state index is -0.314. The molecule has 5 nitrogen and oxygen atoms in total. The summed E-state index contributed by atoms with van der Waals surface area (Å²) in [5.41, 5.74) is 2.41. The first-order chi connectivity index (χ1) is 13.1. The van der Waals surface area contributed by atoms with Crippen LogP contribution in [0.1, 0.15) is 19.4 Å². The summed E-state index contributed by atoms with van der Waals surface area (Å²) in [6.45, 7) is 6.00. The second-order valence-corrected chi connectivity index (χ2v) is 6.94. The lowest BCUT2D eigenvalue weighted by atomic mass is 10.1. The summed E-state index contributed by atoms with van der Waals surface area (Å²) in [6, 6.07) is 14.8. The first-order valence-electron chi connectivity index (χ1n) is 8.85. The van der Waals surface area contributed by atoms with Crippen molar-refractivity contribution in [2.24, 2.45) is 0 Å². The van der Waals surface area contributed by atoms with Gasteiger partial charge in [0.15, 0.2) is 0 Å². The van der Waals surface area contributed by atoms with Gasteiger partial charge in [-0.1, -0.05) is 18.2 Å². The Labute approximate surface area is 163 Å². The number of nitrogens with zero attached hydrogens (tertiary/aromatic N) is 2. The van der Waals surface area contributed by atoms with E-state index in [1.807, 2.05) is 24.3 Å². The lowest BCUT2D eigenvalue weighted by molar-refractivity contribution is -0.113. The molecule has 0 aromatic heterocycles. The molecular formula is C21H22N2O3S. The molecular weight excluding hydrogens is 360 g/mol. The van der Waals surface area contributed by atoms with Crippen LogP contribution in [-0.2, 0) is 4.79 Å². The largest absolute Gasteiger partial charge is 0.496 e. The molecule has 1 aliphatic rings. The van der Waals surface area contributed by atoms with Gasteiger partial charge in [0.05, 0.1) is 17.7 Å². The third-order valence-electron chi connectivity index (χ3n) is 4.44. The number of anilines is 2. The van der Waals surface area contributed by atoms with Gasteiger partial charge in [0.25, 0.3) is 11.1 Å². The van der Waals surface area contributed by atoms with Crippen molar-refractivity contribution in [1.29, 1.82) is 0 Å². The summed E-state index contributed by atoms with van der Waals surface area (Å²) < 4.78 is 5.52. The van der Waals surface area contributed by atoms with E-state index in [-0.39, 0.29) is 11.1 Å². The van der Waals surface area contributed by atoms with Gasteiger partial charge in [0.1, 0.15) is 5.75 Å². The molecule has 0 N–H and O–H groups in total. The lowest BCUT2D eigenvalue weighted by Gasteiger charge is -2.22. The number of amides is 2. The Hall–Kier alpha value is -2.73. The van der Waals surface area contributed by atoms with E-state index in [1.165, 1.54) is 4.90 Å². The van der Waals surface area contributed by atoms with Gasteiger partial charge in [-0.25, -0.2) is 4.90 Å². The van der Waals surface area contributed by atoms with Crippen molar-refractivity contribution in [2.75, 3.05) is 30.0 Å². The quantitative estimate of drug-likeness (QED) is 0.673. The average molecular weight is 382 g/mol. The molecule has 1 heterocycles. The highest BCUT2D eigenvalue weighted by Crippen LogP contribution is 2.37. The molecule has 0 unspecified atom stereocenters. The zero-order valence-corrected chi connectivity index (χ0v) is 16.5. The molecule has 27 heavy (non-hydrogen) atoms. The number of carbonyl (C=O) groups excluding carboxylic acids is 2. The SMILES string of the molecule is CCN(CC)c1ccc(/C=C2/SC(=O)N(c3ccccc3)C2=O)c(OC)c1. The summed E-state index contributed by atoms with van der Waals surface area (Å²) >= 11 is 0.943. The fraction of sp³-hybridized carbons (Fsp3) is 0.238. The molecule has 1 saturated heterocycles. The van der Waals surface area contributed by atoms with Crippen LogP contribution in [0.25, 0.3) is 6.08 Å². The topological polar surface area (TPSA) is 49.9 Å². The molecule has 6 heteroatoms. The Balaban J connectivity index is 1.93. The van der Waals surface area contributed by atoms with E-state index in [2.05, 4.69) is 18.7 Å². The molecule has 0 aliphatic carbocycles. The van der Waals surface area contributed by atoms with Crippen LogP contribution in [0.2, 0.25) is 0 Å². The minimum Gasteiger partial charge on any atom is -0.496 e. The molecule has 0 atom stereocenters. The first kappa shape index (κ1) is 19.0. The molecule has 0 spiro atoms. The van der Waals surface area contributed by atoms with Crippen LogP contribution in [0, 0.1) is 0 Å². The van der Waals surface area contributed by atoms with E-state index < -0.39 is 0 Å². The highest BCUT2D eigenvalue weighted by molar-refractivity contribution is 8.19. The van der Waals surface area contributed by atoms with Crippen LogP contribution in [0.5, 0.6) is 5.75 Å². The fourth-order valence-corrected chi connectivity index (χ4v) is 3.85. The minimum absolute atomic E-state index is 0.295. The van der Waals surface area contributed by atoms with E-state index in [0.717, 1.165) is 36.1 Å². The van der Waals surface area contributed by atoms with Gasteiger partial charge in [-0.3, -0.25) is 9.59 Å². The van der Waals surface area contributed by atoms with Gasteiger partial charge in [-0.2, -0.15) is 0 Å². The monoisotopic (exact) mass is 382 g/mol. The summed E-state index contributed by atoms with van der Waals surface area (Å²) in [4.78, 5) is 28.9. The van der Waals surface area contributed by atoms with E-state index in [0.29, 0.717) is 16.3 Å². The third-order valence-corrected chi connectivity index (χ3v) is 5.31. The van der Waals surface area contributed by atoms with Crippen LogP contribution in [-0.4, -0.2) is 31.3 Å². The summed E-state index contributed by atoms with van der Waals surface area (Å²) in [6.07, 6.45) is 1.72. The number of methoxy groups -OCH3 is 1. The molecule has 140 valence electrons. The van der Waals surface area contributed by atoms with Crippen LogP contribution in [0.15, 0.2) is 53.4 Å². The Morgan fingerprint density at radius 1 is 1.07 bits per heavy atom. The van der Waals surface area contributed by atoms with Crippen molar-refractivity contribution in [3.8, 4) is 5.75 Å². The van der Waals surface area contributed by atoms with Crippen molar-refractivity contribution < 1.29 is 14.3 Å². The first-order valence-corrected chi connectivity index (χ1v) is 9.66. The second-order valence-electron chi connectivity index (χ2n) is 5.95. The molecule has 1 fully saturated rings. The van der Waals surface area contributed by atoms with Crippen molar-refractivity contribution in [2.45, 2.75) is 13.8 Å². The van der Waals surface area contributed by atoms with Crippen molar-refractivity contribution >= 4 is 40.4 Å². The number of rotatable bonds is 6. The number of imide groups is 1. The lowest BCUT2D eigenvalue weighted by Crippen LogP contribution is -2.27. The predicted octanol–water partition coefficient (Wildman–Crippen LogP) is 4.78. The van der Waals surface area contributed by atoms with Gasteiger partial charge < -0.3 is 9.64 Å². The highest BCUT2D eigenvalue weighted by atomic mass is 32.2. The summed E-state index contributed by atoms with van der Waals surface area (Å²) in [7, 11) is 1.61. The normalized spacial score (nSPS) is 15.5. The zero-order valence-electron chi connectivity index (χ0n) is 15.6. The van der Waals surface area contributed by atoms with E-state index in [1.54, 1.807) is 37.5 Å². The van der Waals surface area contributed by atoms with Gasteiger partial charge in [-0.15, -0.1) is 0 Å². The van der Waals surface area contributed by atoms with Gasteiger partial charge in [0, 0.05) is 30.4 Å². The van der Waals surface area contributed by atoms with E-state index in [4.69, 9.17) is 4.74 Å². The summed E-state index contributed by atoms with van der Waals surface area (Å²) in [5, 5.41) is -0.295. The number of ether oxygens (including phenoxy) is 1. The maximum Gasteiger partial charge on any atom is 0.298 e. The number of para-hydroxylation sites is 1. The van der Waals surface area contributed by atoms with Crippen LogP contribution in [0.4, 0.5) is 16.2 Å². The molecule has 0 saturated carbocycles. The molecule has 3 rings (SSSR count). The van der Waals surface area contributed by atoms with Gasteiger partial charge in [0.2, 0.25) is 0 Å². The standard InChI is InChI=1S/C21H22N2O3S/c1-4-22(5-2)17-12-11-15(18(14-17)26-3)13-19-20(24)23(21(25)27-19)16-9-7-6-8-10-16/h6-14H,4-5H2,1-3H3/b19-13+. The van der Waals surface area contributed by atoms with Crippen LogP contribution >= 0.6 is 11.8 Å². The zero-order chi connectivity index (χ0) is 19.4. The molecule has 2 aromatic carbocycles. The number of thioether (sulfide) groups is 1. The Morgan fingerprint density at radius 2 is 1.78 bits per heavy atom. The number of hydrogen-bond donors (Lipinski definition) is 0.